The minimum absolute atomic E-state index is 0.119. The molecule has 0 atom stereocenters. The summed E-state index contributed by atoms with van der Waals surface area (Å²) in [5.74, 6) is 4.44. The fourth-order valence-corrected chi connectivity index (χ4v) is 1.63. The first kappa shape index (κ1) is 13.5. The number of nitrogens with one attached hydrogen (secondary N) is 1. The molecule has 0 radical (unpaired) electrons. The first-order valence-corrected chi connectivity index (χ1v) is 5.57. The maximum Gasteiger partial charge on any atom is 0.406 e. The van der Waals surface area contributed by atoms with Crippen LogP contribution in [0.15, 0.2) is 12.4 Å². The summed E-state index contributed by atoms with van der Waals surface area (Å²) in [6.07, 6.45) is -0.902. The summed E-state index contributed by atoms with van der Waals surface area (Å²) in [6.45, 7) is -1.28. The van der Waals surface area contributed by atoms with Crippen LogP contribution in [-0.4, -0.2) is 39.5 Å². The van der Waals surface area contributed by atoms with E-state index in [1.807, 2.05) is 0 Å². The molecule has 1 amide bonds. The molecule has 2 rings (SSSR count). The molecule has 0 bridgehead atoms. The Bertz CT molecular complexity index is 474. The second kappa shape index (κ2) is 5.00. The molecule has 6 nitrogen and oxygen atoms in total. The highest BCUT2D eigenvalue weighted by Gasteiger charge is 2.41. The molecule has 0 saturated heterocycles. The molecule has 0 aliphatic heterocycles. The number of hydrazine groups is 1. The van der Waals surface area contributed by atoms with E-state index in [0.29, 0.717) is 12.8 Å². The van der Waals surface area contributed by atoms with Crippen LogP contribution in [0.5, 0.6) is 0 Å². The summed E-state index contributed by atoms with van der Waals surface area (Å²) in [5, 5.41) is 0. The number of nitrogens with two attached hydrogens (primary N) is 1. The van der Waals surface area contributed by atoms with Crippen molar-refractivity contribution in [2.75, 3.05) is 12.0 Å². The Balaban J connectivity index is 2.19. The molecule has 1 aromatic heterocycles. The van der Waals surface area contributed by atoms with Gasteiger partial charge in [-0.25, -0.2) is 10.8 Å². The van der Waals surface area contributed by atoms with E-state index < -0.39 is 18.6 Å². The average Bonchev–Trinajstić information content (AvgIpc) is 3.18. The van der Waals surface area contributed by atoms with E-state index in [4.69, 9.17) is 5.84 Å². The van der Waals surface area contributed by atoms with Gasteiger partial charge in [-0.3, -0.25) is 9.78 Å². The molecule has 3 N–H and O–H groups in total. The minimum Gasteiger partial charge on any atom is -0.325 e. The van der Waals surface area contributed by atoms with E-state index >= 15 is 0 Å². The Kier molecular flexibility index (Phi) is 3.56. The third kappa shape index (κ3) is 3.53. The minimum atomic E-state index is -4.44. The standard InChI is InChI=1S/C10H12F3N5O/c11-10(12,13)5-18(6-1-2-6)9(19)7-3-15-4-8(16-7)17-14/h3-4,6H,1-2,5,14H2,(H,16,17). The van der Waals surface area contributed by atoms with E-state index in [9.17, 15) is 18.0 Å². The van der Waals surface area contributed by atoms with Crippen LogP contribution in [0, 0.1) is 0 Å². The third-order valence-electron chi connectivity index (χ3n) is 2.60. The highest BCUT2D eigenvalue weighted by atomic mass is 19.4. The van der Waals surface area contributed by atoms with Gasteiger partial charge in [0.2, 0.25) is 0 Å². The van der Waals surface area contributed by atoms with Crippen molar-refractivity contribution >= 4 is 11.7 Å². The van der Waals surface area contributed by atoms with Crippen LogP contribution in [0.25, 0.3) is 0 Å². The molecular weight excluding hydrogens is 263 g/mol. The highest BCUT2D eigenvalue weighted by Crippen LogP contribution is 2.31. The van der Waals surface area contributed by atoms with Crippen LogP contribution in [0.4, 0.5) is 19.0 Å². The Morgan fingerprint density at radius 1 is 1.47 bits per heavy atom. The van der Waals surface area contributed by atoms with Crippen molar-refractivity contribution in [1.29, 1.82) is 0 Å². The number of nitrogen functional groups attached to an aromatic ring is 1. The summed E-state index contributed by atoms with van der Waals surface area (Å²) in [5.41, 5.74) is 2.03. The number of anilines is 1. The molecule has 0 spiro atoms. The van der Waals surface area contributed by atoms with Gasteiger partial charge in [-0.1, -0.05) is 0 Å². The Morgan fingerprint density at radius 2 is 2.16 bits per heavy atom. The van der Waals surface area contributed by atoms with Gasteiger partial charge >= 0.3 is 6.18 Å². The fourth-order valence-electron chi connectivity index (χ4n) is 1.63. The van der Waals surface area contributed by atoms with E-state index in [1.165, 1.54) is 6.20 Å². The fraction of sp³-hybridized carbons (Fsp3) is 0.500. The molecule has 0 aromatic carbocycles. The summed E-state index contributed by atoms with van der Waals surface area (Å²) in [6, 6.07) is -0.370. The zero-order valence-electron chi connectivity index (χ0n) is 9.81. The average molecular weight is 275 g/mol. The van der Waals surface area contributed by atoms with Gasteiger partial charge in [-0.15, -0.1) is 0 Å². The van der Waals surface area contributed by atoms with Crippen molar-refractivity contribution in [2.45, 2.75) is 25.1 Å². The molecule has 104 valence electrons. The molecule has 1 aromatic rings. The normalized spacial score (nSPS) is 15.2. The largest absolute Gasteiger partial charge is 0.406 e. The predicted molar refractivity (Wildman–Crippen MR) is 60.0 cm³/mol. The molecule has 1 aliphatic carbocycles. The number of hydrogen-bond acceptors (Lipinski definition) is 5. The van der Waals surface area contributed by atoms with Crippen LogP contribution in [0.2, 0.25) is 0 Å². The van der Waals surface area contributed by atoms with Gasteiger partial charge < -0.3 is 10.3 Å². The summed E-state index contributed by atoms with van der Waals surface area (Å²) in [4.78, 5) is 20.3. The predicted octanol–water partition coefficient (Wildman–Crippen LogP) is 0.929. The van der Waals surface area contributed by atoms with Crippen molar-refractivity contribution in [1.82, 2.24) is 14.9 Å². The van der Waals surface area contributed by atoms with Gasteiger partial charge in [-0.2, -0.15) is 13.2 Å². The number of amides is 1. The van der Waals surface area contributed by atoms with Crippen molar-refractivity contribution in [3.05, 3.63) is 18.1 Å². The Labute approximate surface area is 106 Å². The summed E-state index contributed by atoms with van der Waals surface area (Å²) < 4.78 is 37.4. The first-order chi connectivity index (χ1) is 8.90. The SMILES string of the molecule is NNc1cncc(C(=O)N(CC(F)(F)F)C2CC2)n1. The van der Waals surface area contributed by atoms with Crippen molar-refractivity contribution < 1.29 is 18.0 Å². The number of carbonyl (C=O) groups is 1. The molecule has 1 saturated carbocycles. The molecule has 19 heavy (non-hydrogen) atoms. The number of hydrogen-bond donors (Lipinski definition) is 2. The van der Waals surface area contributed by atoms with E-state index in [2.05, 4.69) is 15.4 Å². The first-order valence-electron chi connectivity index (χ1n) is 5.57. The number of rotatable bonds is 4. The van der Waals surface area contributed by atoms with Gasteiger partial charge in [0.05, 0.1) is 12.4 Å². The van der Waals surface area contributed by atoms with Gasteiger partial charge in [0.1, 0.15) is 12.2 Å². The van der Waals surface area contributed by atoms with E-state index in [-0.39, 0.29) is 17.6 Å². The van der Waals surface area contributed by atoms with Crippen molar-refractivity contribution in [3.63, 3.8) is 0 Å². The zero-order chi connectivity index (χ0) is 14.0. The lowest BCUT2D eigenvalue weighted by Crippen LogP contribution is -2.41. The monoisotopic (exact) mass is 275 g/mol. The number of alkyl halides is 3. The van der Waals surface area contributed by atoms with Crippen molar-refractivity contribution in [3.8, 4) is 0 Å². The van der Waals surface area contributed by atoms with Gasteiger partial charge in [0, 0.05) is 6.04 Å². The number of aromatic nitrogens is 2. The van der Waals surface area contributed by atoms with Gasteiger partial charge in [0.15, 0.2) is 5.82 Å². The lowest BCUT2D eigenvalue weighted by atomic mass is 10.3. The van der Waals surface area contributed by atoms with Crippen LogP contribution in [0.3, 0.4) is 0 Å². The number of halogens is 3. The van der Waals surface area contributed by atoms with Crippen LogP contribution in [0.1, 0.15) is 23.3 Å². The Morgan fingerprint density at radius 3 is 2.68 bits per heavy atom. The molecular formula is C10H12F3N5O. The molecule has 9 heteroatoms. The van der Waals surface area contributed by atoms with Crippen LogP contribution < -0.4 is 11.3 Å². The second-order valence-corrected chi connectivity index (χ2v) is 4.21. The van der Waals surface area contributed by atoms with E-state index in [0.717, 1.165) is 11.1 Å². The summed E-state index contributed by atoms with van der Waals surface area (Å²) in [7, 11) is 0. The maximum atomic E-state index is 12.5. The van der Waals surface area contributed by atoms with Crippen LogP contribution >= 0.6 is 0 Å². The highest BCUT2D eigenvalue weighted by molar-refractivity contribution is 5.92. The quantitative estimate of drug-likeness (QED) is 0.631. The lowest BCUT2D eigenvalue weighted by Gasteiger charge is -2.23. The molecule has 1 fully saturated rings. The molecule has 1 aliphatic rings. The topological polar surface area (TPSA) is 84.1 Å². The van der Waals surface area contributed by atoms with Crippen molar-refractivity contribution in [2.24, 2.45) is 5.84 Å². The summed E-state index contributed by atoms with van der Waals surface area (Å²) >= 11 is 0. The maximum absolute atomic E-state index is 12.5. The second-order valence-electron chi connectivity index (χ2n) is 4.21. The number of carbonyl (C=O) groups excluding carboxylic acids is 1. The number of nitrogens with zero attached hydrogens (tertiary/aromatic N) is 3. The molecule has 0 unspecified atom stereocenters. The lowest BCUT2D eigenvalue weighted by molar-refractivity contribution is -0.141. The smallest absolute Gasteiger partial charge is 0.325 e. The van der Waals surface area contributed by atoms with Gasteiger partial charge in [-0.05, 0) is 12.8 Å². The molecule has 1 heterocycles. The van der Waals surface area contributed by atoms with Crippen LogP contribution in [-0.2, 0) is 0 Å². The Hall–Kier alpha value is -1.90. The third-order valence-corrected chi connectivity index (χ3v) is 2.60. The van der Waals surface area contributed by atoms with E-state index in [1.54, 1.807) is 0 Å². The van der Waals surface area contributed by atoms with Gasteiger partial charge in [0.25, 0.3) is 5.91 Å². The zero-order valence-corrected chi connectivity index (χ0v) is 9.81.